The van der Waals surface area contributed by atoms with E-state index in [-0.39, 0.29) is 0 Å². The van der Waals surface area contributed by atoms with Gasteiger partial charge in [-0.2, -0.15) is 0 Å². The lowest BCUT2D eigenvalue weighted by Crippen LogP contribution is -2.48. The Hall–Kier alpha value is -0.860. The van der Waals surface area contributed by atoms with Gasteiger partial charge in [-0.1, -0.05) is 38.1 Å². The minimum atomic E-state index is 0.574. The van der Waals surface area contributed by atoms with Gasteiger partial charge in [0.2, 0.25) is 0 Å². The van der Waals surface area contributed by atoms with Crippen LogP contribution in [-0.4, -0.2) is 24.0 Å². The first-order valence-electron chi connectivity index (χ1n) is 8.25. The molecule has 110 valence electrons. The summed E-state index contributed by atoms with van der Waals surface area (Å²) in [5.74, 6) is 1.54. The quantitative estimate of drug-likeness (QED) is 0.890. The molecule has 0 amide bonds. The molecule has 0 saturated carbocycles. The molecule has 1 aliphatic carbocycles. The van der Waals surface area contributed by atoms with E-state index >= 15 is 0 Å². The molecular formula is C18H28N2. The van der Waals surface area contributed by atoms with Crippen LogP contribution in [0, 0.1) is 5.92 Å². The summed E-state index contributed by atoms with van der Waals surface area (Å²) in [5, 5.41) is 0. The molecule has 1 aliphatic heterocycles. The fourth-order valence-electron chi connectivity index (χ4n) is 4.24. The van der Waals surface area contributed by atoms with Crippen molar-refractivity contribution >= 4 is 0 Å². The first kappa shape index (κ1) is 14.1. The largest absolute Gasteiger partial charge is 0.329 e. The van der Waals surface area contributed by atoms with Gasteiger partial charge in [-0.05, 0) is 55.2 Å². The number of nitrogens with two attached hydrogens (primary N) is 1. The van der Waals surface area contributed by atoms with Crippen LogP contribution in [0.4, 0.5) is 0 Å². The standard InChI is InChI=1S/C18H28N2/c1-13-9-10-20(15(11-13)12-19)18-8-7-14(2)16-5-3-4-6-17(16)18/h3-6,13-15,18H,7-12,19H2,1-2H3. The molecule has 2 heteroatoms. The Morgan fingerprint density at radius 2 is 1.85 bits per heavy atom. The number of piperidine rings is 1. The molecule has 1 saturated heterocycles. The van der Waals surface area contributed by atoms with E-state index in [9.17, 15) is 0 Å². The van der Waals surface area contributed by atoms with E-state index < -0.39 is 0 Å². The van der Waals surface area contributed by atoms with Gasteiger partial charge in [-0.25, -0.2) is 0 Å². The number of benzene rings is 1. The summed E-state index contributed by atoms with van der Waals surface area (Å²) in [7, 11) is 0. The van der Waals surface area contributed by atoms with E-state index in [0.717, 1.165) is 12.5 Å². The van der Waals surface area contributed by atoms with E-state index in [4.69, 9.17) is 5.73 Å². The van der Waals surface area contributed by atoms with Gasteiger partial charge >= 0.3 is 0 Å². The van der Waals surface area contributed by atoms with Gasteiger partial charge in [0.1, 0.15) is 0 Å². The van der Waals surface area contributed by atoms with Crippen LogP contribution in [0.5, 0.6) is 0 Å². The van der Waals surface area contributed by atoms with Crippen molar-refractivity contribution in [3.63, 3.8) is 0 Å². The van der Waals surface area contributed by atoms with Crippen LogP contribution in [-0.2, 0) is 0 Å². The van der Waals surface area contributed by atoms with Crippen LogP contribution in [0.3, 0.4) is 0 Å². The predicted molar refractivity (Wildman–Crippen MR) is 84.8 cm³/mol. The Morgan fingerprint density at radius 3 is 2.60 bits per heavy atom. The zero-order valence-electron chi connectivity index (χ0n) is 12.9. The second kappa shape index (κ2) is 5.87. The summed E-state index contributed by atoms with van der Waals surface area (Å²) >= 11 is 0. The second-order valence-electron chi connectivity index (χ2n) is 6.88. The Kier molecular flexibility index (Phi) is 4.13. The van der Waals surface area contributed by atoms with E-state index in [0.29, 0.717) is 18.0 Å². The van der Waals surface area contributed by atoms with Crippen LogP contribution < -0.4 is 5.73 Å². The SMILES string of the molecule is CC1CCN(C2CCC(C)c3ccccc32)C(CN)C1. The van der Waals surface area contributed by atoms with E-state index in [1.54, 1.807) is 11.1 Å². The summed E-state index contributed by atoms with van der Waals surface area (Å²) < 4.78 is 0. The first-order valence-corrected chi connectivity index (χ1v) is 8.25. The molecule has 0 radical (unpaired) electrons. The van der Waals surface area contributed by atoms with Crippen molar-refractivity contribution in [2.45, 2.75) is 57.5 Å². The summed E-state index contributed by atoms with van der Waals surface area (Å²) in [6, 6.07) is 10.2. The molecule has 20 heavy (non-hydrogen) atoms. The number of nitrogens with zero attached hydrogens (tertiary/aromatic N) is 1. The average molecular weight is 272 g/mol. The van der Waals surface area contributed by atoms with Gasteiger partial charge < -0.3 is 5.73 Å². The van der Waals surface area contributed by atoms with Gasteiger partial charge in [-0.3, -0.25) is 4.90 Å². The molecule has 0 spiro atoms. The highest BCUT2D eigenvalue weighted by Gasteiger charge is 2.34. The summed E-state index contributed by atoms with van der Waals surface area (Å²) in [5.41, 5.74) is 9.20. The third kappa shape index (κ3) is 2.51. The molecule has 1 fully saturated rings. The first-order chi connectivity index (χ1) is 9.70. The topological polar surface area (TPSA) is 29.3 Å². The average Bonchev–Trinajstić information content (AvgIpc) is 2.48. The number of hydrogen-bond acceptors (Lipinski definition) is 2. The number of fused-ring (bicyclic) bond motifs is 1. The van der Waals surface area contributed by atoms with Gasteiger partial charge in [0.25, 0.3) is 0 Å². The maximum absolute atomic E-state index is 6.07. The Balaban J connectivity index is 1.89. The monoisotopic (exact) mass is 272 g/mol. The number of rotatable bonds is 2. The molecule has 4 unspecified atom stereocenters. The van der Waals surface area contributed by atoms with Gasteiger partial charge in [-0.15, -0.1) is 0 Å². The zero-order valence-corrected chi connectivity index (χ0v) is 12.9. The Bertz CT molecular complexity index is 456. The predicted octanol–water partition coefficient (Wildman–Crippen LogP) is 3.68. The molecular weight excluding hydrogens is 244 g/mol. The van der Waals surface area contributed by atoms with Crippen LogP contribution in [0.1, 0.15) is 62.6 Å². The lowest BCUT2D eigenvalue weighted by atomic mass is 9.78. The molecule has 2 nitrogen and oxygen atoms in total. The molecule has 2 aliphatic rings. The molecule has 3 rings (SSSR count). The summed E-state index contributed by atoms with van der Waals surface area (Å²) in [6.45, 7) is 6.76. The fourth-order valence-corrected chi connectivity index (χ4v) is 4.24. The van der Waals surface area contributed by atoms with Crippen LogP contribution in [0.15, 0.2) is 24.3 Å². The fraction of sp³-hybridized carbons (Fsp3) is 0.667. The highest BCUT2D eigenvalue weighted by Crippen LogP contribution is 2.42. The van der Waals surface area contributed by atoms with Crippen LogP contribution in [0.2, 0.25) is 0 Å². The second-order valence-corrected chi connectivity index (χ2v) is 6.88. The maximum atomic E-state index is 6.07. The molecule has 0 bridgehead atoms. The van der Waals surface area contributed by atoms with Crippen LogP contribution >= 0.6 is 0 Å². The molecule has 1 heterocycles. The van der Waals surface area contributed by atoms with Gasteiger partial charge in [0.15, 0.2) is 0 Å². The van der Waals surface area contributed by atoms with E-state index in [1.807, 2.05) is 0 Å². The minimum Gasteiger partial charge on any atom is -0.329 e. The van der Waals surface area contributed by atoms with E-state index in [2.05, 4.69) is 43.0 Å². The van der Waals surface area contributed by atoms with Crippen molar-refractivity contribution in [2.24, 2.45) is 11.7 Å². The number of likely N-dealkylation sites (tertiary alicyclic amines) is 1. The lowest BCUT2D eigenvalue weighted by molar-refractivity contribution is 0.0654. The third-order valence-electron chi connectivity index (χ3n) is 5.46. The van der Waals surface area contributed by atoms with Gasteiger partial charge in [0.05, 0.1) is 0 Å². The van der Waals surface area contributed by atoms with Crippen molar-refractivity contribution < 1.29 is 0 Å². The molecule has 2 N–H and O–H groups in total. The summed E-state index contributed by atoms with van der Waals surface area (Å²) in [6.07, 6.45) is 5.20. The molecule has 0 aromatic heterocycles. The Labute approximate surface area is 123 Å². The third-order valence-corrected chi connectivity index (χ3v) is 5.46. The molecule has 1 aromatic rings. The van der Waals surface area contributed by atoms with Crippen molar-refractivity contribution in [3.8, 4) is 0 Å². The molecule has 4 atom stereocenters. The molecule has 1 aromatic carbocycles. The highest BCUT2D eigenvalue weighted by molar-refractivity contribution is 5.35. The number of hydrogen-bond donors (Lipinski definition) is 1. The summed E-state index contributed by atoms with van der Waals surface area (Å²) in [4.78, 5) is 2.71. The maximum Gasteiger partial charge on any atom is 0.0354 e. The highest BCUT2D eigenvalue weighted by atomic mass is 15.2. The zero-order chi connectivity index (χ0) is 14.1. The lowest BCUT2D eigenvalue weighted by Gasteiger charge is -2.45. The minimum absolute atomic E-state index is 0.574. The van der Waals surface area contributed by atoms with Crippen LogP contribution in [0.25, 0.3) is 0 Å². The van der Waals surface area contributed by atoms with Crippen molar-refractivity contribution in [1.82, 2.24) is 4.90 Å². The van der Waals surface area contributed by atoms with Crippen molar-refractivity contribution in [3.05, 3.63) is 35.4 Å². The Morgan fingerprint density at radius 1 is 1.10 bits per heavy atom. The normalized spacial score (nSPS) is 34.8. The van der Waals surface area contributed by atoms with Crippen molar-refractivity contribution in [2.75, 3.05) is 13.1 Å². The van der Waals surface area contributed by atoms with E-state index in [1.165, 1.54) is 32.2 Å². The van der Waals surface area contributed by atoms with Crippen molar-refractivity contribution in [1.29, 1.82) is 0 Å². The van der Waals surface area contributed by atoms with Gasteiger partial charge in [0, 0.05) is 18.6 Å². The smallest absolute Gasteiger partial charge is 0.0354 e.